The molecule has 0 radical (unpaired) electrons. The Labute approximate surface area is 147 Å². The van der Waals surface area contributed by atoms with Gasteiger partial charge < -0.3 is 10.6 Å². The Morgan fingerprint density at radius 3 is 1.88 bits per heavy atom. The van der Waals surface area contributed by atoms with E-state index in [0.29, 0.717) is 5.69 Å². The highest BCUT2D eigenvalue weighted by molar-refractivity contribution is 6.43. The smallest absolute Gasteiger partial charge is 0.314 e. The number of anilines is 2. The minimum atomic E-state index is -0.834. The molecule has 2 aromatic carbocycles. The minimum absolute atomic E-state index is 0.195. The number of hydrogen-bond donors (Lipinski definition) is 2. The maximum absolute atomic E-state index is 13.2. The molecule has 2 aromatic rings. The van der Waals surface area contributed by atoms with E-state index in [4.69, 9.17) is 0 Å². The molecule has 0 unspecified atom stereocenters. The quantitative estimate of drug-likeness (QED) is 0.795. The first-order chi connectivity index (χ1) is 11.8. The summed E-state index contributed by atoms with van der Waals surface area (Å²) in [5.74, 6) is -1.70. The van der Waals surface area contributed by atoms with Crippen LogP contribution in [0.1, 0.15) is 50.7 Å². The average Bonchev–Trinajstić information content (AvgIpc) is 2.54. The molecule has 0 bridgehead atoms. The van der Waals surface area contributed by atoms with Gasteiger partial charge in [-0.25, -0.2) is 4.39 Å². The molecule has 5 heteroatoms. The van der Waals surface area contributed by atoms with Gasteiger partial charge in [0.2, 0.25) is 0 Å². The summed E-state index contributed by atoms with van der Waals surface area (Å²) in [5.41, 5.74) is 2.85. The van der Waals surface area contributed by atoms with Crippen LogP contribution in [-0.2, 0) is 9.59 Å². The zero-order chi connectivity index (χ0) is 18.6. The second-order valence-corrected chi connectivity index (χ2v) is 6.54. The maximum atomic E-state index is 13.2. The van der Waals surface area contributed by atoms with E-state index in [0.717, 1.165) is 17.2 Å². The number of carbonyl (C=O) groups excluding carboxylic acids is 2. The van der Waals surface area contributed by atoms with Gasteiger partial charge >= 0.3 is 11.8 Å². The van der Waals surface area contributed by atoms with Crippen LogP contribution in [0.3, 0.4) is 0 Å². The van der Waals surface area contributed by atoms with Crippen LogP contribution in [0.25, 0.3) is 0 Å². The summed E-state index contributed by atoms with van der Waals surface area (Å²) < 4.78 is 13.2. The summed E-state index contributed by atoms with van der Waals surface area (Å²) in [5, 5.41) is 5.14. The average molecular weight is 342 g/mol. The molecule has 2 amide bonds. The highest BCUT2D eigenvalue weighted by Crippen LogP contribution is 2.32. The molecular weight excluding hydrogens is 319 g/mol. The Morgan fingerprint density at radius 2 is 1.36 bits per heavy atom. The van der Waals surface area contributed by atoms with Crippen molar-refractivity contribution in [3.05, 3.63) is 59.4 Å². The Hall–Kier alpha value is -2.69. The van der Waals surface area contributed by atoms with E-state index in [-0.39, 0.29) is 17.5 Å². The number of halogens is 1. The van der Waals surface area contributed by atoms with Crippen LogP contribution >= 0.6 is 0 Å². The SMILES string of the molecule is CC(C)c1cccc(C(C)C)c1NC(=O)C(=O)Nc1cccc(F)c1. The first kappa shape index (κ1) is 18.6. The molecule has 2 N–H and O–H groups in total. The van der Waals surface area contributed by atoms with Crippen LogP contribution in [0.2, 0.25) is 0 Å². The monoisotopic (exact) mass is 342 g/mol. The molecular formula is C20H23FN2O2. The molecule has 0 fully saturated rings. The molecule has 4 nitrogen and oxygen atoms in total. The van der Waals surface area contributed by atoms with Gasteiger partial charge in [0.05, 0.1) is 0 Å². The number of nitrogens with one attached hydrogen (secondary N) is 2. The molecule has 2 rings (SSSR count). The van der Waals surface area contributed by atoms with Gasteiger partial charge in [0.1, 0.15) is 5.82 Å². The van der Waals surface area contributed by atoms with Gasteiger partial charge in [-0.3, -0.25) is 9.59 Å². The normalized spacial score (nSPS) is 10.8. The van der Waals surface area contributed by atoms with Crippen LogP contribution in [-0.4, -0.2) is 11.8 Å². The number of hydrogen-bond acceptors (Lipinski definition) is 2. The third-order valence-corrected chi connectivity index (χ3v) is 3.90. The highest BCUT2D eigenvalue weighted by Gasteiger charge is 2.20. The molecule has 0 heterocycles. The van der Waals surface area contributed by atoms with E-state index < -0.39 is 17.6 Å². The zero-order valence-corrected chi connectivity index (χ0v) is 14.9. The molecule has 0 aliphatic carbocycles. The second-order valence-electron chi connectivity index (χ2n) is 6.54. The summed E-state index contributed by atoms with van der Waals surface area (Å²) in [6.45, 7) is 8.12. The van der Waals surface area contributed by atoms with E-state index in [1.54, 1.807) is 0 Å². The Morgan fingerprint density at radius 1 is 0.840 bits per heavy atom. The van der Waals surface area contributed by atoms with Gasteiger partial charge in [-0.15, -0.1) is 0 Å². The third-order valence-electron chi connectivity index (χ3n) is 3.90. The van der Waals surface area contributed by atoms with Crippen molar-refractivity contribution in [3.63, 3.8) is 0 Å². The molecule has 0 aromatic heterocycles. The van der Waals surface area contributed by atoms with Crippen molar-refractivity contribution in [2.24, 2.45) is 0 Å². The Kier molecular flexibility index (Phi) is 5.91. The lowest BCUT2D eigenvalue weighted by Crippen LogP contribution is -2.30. The fraction of sp³-hybridized carbons (Fsp3) is 0.300. The van der Waals surface area contributed by atoms with Crippen molar-refractivity contribution in [3.8, 4) is 0 Å². The molecule has 0 saturated carbocycles. The predicted octanol–water partition coefficient (Wildman–Crippen LogP) is 4.65. The van der Waals surface area contributed by atoms with Crippen LogP contribution < -0.4 is 10.6 Å². The molecule has 0 atom stereocenters. The van der Waals surface area contributed by atoms with Crippen LogP contribution in [0.5, 0.6) is 0 Å². The van der Waals surface area contributed by atoms with E-state index in [1.807, 2.05) is 45.9 Å². The summed E-state index contributed by atoms with van der Waals surface area (Å²) >= 11 is 0. The Balaban J connectivity index is 2.23. The van der Waals surface area contributed by atoms with Crippen LogP contribution in [0, 0.1) is 5.82 Å². The lowest BCUT2D eigenvalue weighted by Gasteiger charge is -2.20. The van der Waals surface area contributed by atoms with Crippen LogP contribution in [0.15, 0.2) is 42.5 Å². The molecule has 0 saturated heterocycles. The van der Waals surface area contributed by atoms with Crippen molar-refractivity contribution in [2.45, 2.75) is 39.5 Å². The topological polar surface area (TPSA) is 58.2 Å². The highest BCUT2D eigenvalue weighted by atomic mass is 19.1. The summed E-state index contributed by atoms with van der Waals surface area (Å²) in [7, 11) is 0. The Bertz CT molecular complexity index is 759. The summed E-state index contributed by atoms with van der Waals surface area (Å²) in [4.78, 5) is 24.5. The number of carbonyl (C=O) groups is 2. The van der Waals surface area contributed by atoms with Gasteiger partial charge in [-0.1, -0.05) is 52.0 Å². The maximum Gasteiger partial charge on any atom is 0.314 e. The van der Waals surface area contributed by atoms with E-state index in [2.05, 4.69) is 10.6 Å². The van der Waals surface area contributed by atoms with Gasteiger partial charge in [0.15, 0.2) is 0 Å². The number of para-hydroxylation sites is 1. The largest absolute Gasteiger partial charge is 0.318 e. The van der Waals surface area contributed by atoms with Crippen molar-refractivity contribution in [1.29, 1.82) is 0 Å². The standard InChI is InChI=1S/C20H23FN2O2/c1-12(2)16-9-6-10-17(13(3)4)18(16)23-20(25)19(24)22-15-8-5-7-14(21)11-15/h5-13H,1-4H3,(H,22,24)(H,23,25). The molecule has 132 valence electrons. The lowest BCUT2D eigenvalue weighted by molar-refractivity contribution is -0.133. The van der Waals surface area contributed by atoms with Gasteiger partial charge in [0.25, 0.3) is 0 Å². The first-order valence-corrected chi connectivity index (χ1v) is 8.30. The predicted molar refractivity (Wildman–Crippen MR) is 98.3 cm³/mol. The fourth-order valence-electron chi connectivity index (χ4n) is 2.62. The van der Waals surface area contributed by atoms with Gasteiger partial charge in [-0.05, 0) is 41.2 Å². The number of benzene rings is 2. The number of amides is 2. The zero-order valence-electron chi connectivity index (χ0n) is 14.9. The first-order valence-electron chi connectivity index (χ1n) is 8.30. The lowest BCUT2D eigenvalue weighted by atomic mass is 9.92. The van der Waals surface area contributed by atoms with Crippen LogP contribution in [0.4, 0.5) is 15.8 Å². The van der Waals surface area contributed by atoms with Gasteiger partial charge in [0, 0.05) is 11.4 Å². The van der Waals surface area contributed by atoms with E-state index in [1.165, 1.54) is 18.2 Å². The van der Waals surface area contributed by atoms with Crippen molar-refractivity contribution in [1.82, 2.24) is 0 Å². The van der Waals surface area contributed by atoms with Crippen molar-refractivity contribution in [2.75, 3.05) is 10.6 Å². The second kappa shape index (κ2) is 7.92. The third kappa shape index (κ3) is 4.66. The fourth-order valence-corrected chi connectivity index (χ4v) is 2.62. The van der Waals surface area contributed by atoms with E-state index in [9.17, 15) is 14.0 Å². The summed E-state index contributed by atoms with van der Waals surface area (Å²) in [6, 6.07) is 11.3. The molecule has 25 heavy (non-hydrogen) atoms. The molecule has 0 spiro atoms. The van der Waals surface area contributed by atoms with Crippen molar-refractivity contribution < 1.29 is 14.0 Å². The summed E-state index contributed by atoms with van der Waals surface area (Å²) in [6.07, 6.45) is 0. The minimum Gasteiger partial charge on any atom is -0.318 e. The van der Waals surface area contributed by atoms with Crippen molar-refractivity contribution >= 4 is 23.2 Å². The van der Waals surface area contributed by atoms with E-state index >= 15 is 0 Å². The van der Waals surface area contributed by atoms with Gasteiger partial charge in [-0.2, -0.15) is 0 Å². The molecule has 0 aliphatic heterocycles. The molecule has 0 aliphatic rings. The number of rotatable bonds is 4.